The number of carbonyl (C=O) groups excluding carboxylic acids is 1. The van der Waals surface area contributed by atoms with E-state index in [1.54, 1.807) is 12.4 Å². The first-order valence-electron chi connectivity index (χ1n) is 5.61. The van der Waals surface area contributed by atoms with Gasteiger partial charge < -0.3 is 10.6 Å². The Kier molecular flexibility index (Phi) is 9.07. The van der Waals surface area contributed by atoms with E-state index in [2.05, 4.69) is 20.6 Å². The molecule has 2 N–H and O–H groups in total. The molecule has 0 saturated carbocycles. The van der Waals surface area contributed by atoms with Gasteiger partial charge in [-0.15, -0.1) is 36.2 Å². The van der Waals surface area contributed by atoms with Crippen LogP contribution in [0.3, 0.4) is 0 Å². The van der Waals surface area contributed by atoms with Crippen molar-refractivity contribution in [3.63, 3.8) is 0 Å². The smallest absolute Gasteiger partial charge is 0.263 e. The Balaban J connectivity index is 0.00000180. The lowest BCUT2D eigenvalue weighted by atomic mass is 10.4. The van der Waals surface area contributed by atoms with Gasteiger partial charge in [-0.1, -0.05) is 6.07 Å². The fourth-order valence-corrected chi connectivity index (χ4v) is 2.18. The maximum Gasteiger partial charge on any atom is 0.263 e. The van der Waals surface area contributed by atoms with Gasteiger partial charge in [0.2, 0.25) is 0 Å². The normalized spacial score (nSPS) is 9.25. The summed E-state index contributed by atoms with van der Waals surface area (Å²) in [5.41, 5.74) is 0.789. The maximum atomic E-state index is 11.8. The summed E-state index contributed by atoms with van der Waals surface area (Å²) in [6, 6.07) is 5.63. The monoisotopic (exact) mass is 334 g/mol. The van der Waals surface area contributed by atoms with Crippen molar-refractivity contribution in [2.24, 2.45) is 0 Å². The molecule has 2 aromatic heterocycles. The van der Waals surface area contributed by atoms with Crippen molar-refractivity contribution in [1.82, 2.24) is 20.6 Å². The average Bonchev–Trinajstić information content (AvgIpc) is 2.89. The SMILES string of the molecule is CNCCNC(=O)c1cnc(-c2ccccn2)s1.Cl.Cl. The van der Waals surface area contributed by atoms with E-state index >= 15 is 0 Å². The molecule has 2 heterocycles. The lowest BCUT2D eigenvalue weighted by Gasteiger charge is -2.01. The van der Waals surface area contributed by atoms with Crippen molar-refractivity contribution in [2.45, 2.75) is 0 Å². The van der Waals surface area contributed by atoms with E-state index in [4.69, 9.17) is 0 Å². The van der Waals surface area contributed by atoms with Gasteiger partial charge in [0, 0.05) is 19.3 Å². The van der Waals surface area contributed by atoms with E-state index in [-0.39, 0.29) is 30.7 Å². The van der Waals surface area contributed by atoms with E-state index in [1.807, 2.05) is 25.2 Å². The van der Waals surface area contributed by atoms with E-state index in [1.165, 1.54) is 11.3 Å². The summed E-state index contributed by atoms with van der Waals surface area (Å²) in [6.45, 7) is 1.35. The minimum atomic E-state index is -0.0927. The van der Waals surface area contributed by atoms with Gasteiger partial charge in [-0.3, -0.25) is 9.78 Å². The van der Waals surface area contributed by atoms with Gasteiger partial charge in [-0.2, -0.15) is 0 Å². The van der Waals surface area contributed by atoms with E-state index in [0.29, 0.717) is 11.4 Å². The number of amides is 1. The molecule has 20 heavy (non-hydrogen) atoms. The Morgan fingerprint density at radius 1 is 1.25 bits per heavy atom. The highest BCUT2D eigenvalue weighted by molar-refractivity contribution is 7.16. The molecule has 110 valence electrons. The van der Waals surface area contributed by atoms with Crippen molar-refractivity contribution in [1.29, 1.82) is 0 Å². The van der Waals surface area contributed by atoms with Crippen molar-refractivity contribution < 1.29 is 4.79 Å². The van der Waals surface area contributed by atoms with Crippen LogP contribution in [0.1, 0.15) is 9.67 Å². The third-order valence-electron chi connectivity index (χ3n) is 2.27. The first kappa shape index (κ1) is 18.8. The van der Waals surface area contributed by atoms with E-state index in [0.717, 1.165) is 17.2 Å². The number of nitrogens with one attached hydrogen (secondary N) is 2. The Morgan fingerprint density at radius 3 is 2.70 bits per heavy atom. The largest absolute Gasteiger partial charge is 0.350 e. The number of nitrogens with zero attached hydrogens (tertiary/aromatic N) is 2. The topological polar surface area (TPSA) is 66.9 Å². The lowest BCUT2D eigenvalue weighted by molar-refractivity contribution is 0.0958. The Hall–Kier alpha value is -1.21. The van der Waals surface area contributed by atoms with Gasteiger partial charge in [0.15, 0.2) is 0 Å². The molecule has 0 aromatic carbocycles. The number of likely N-dealkylation sites (N-methyl/N-ethyl adjacent to an activating group) is 1. The van der Waals surface area contributed by atoms with Crippen LogP contribution in [0.2, 0.25) is 0 Å². The molecule has 0 aliphatic rings. The van der Waals surface area contributed by atoms with Crippen LogP contribution in [0.4, 0.5) is 0 Å². The predicted octanol–water partition coefficient (Wildman–Crippen LogP) is 2.00. The summed E-state index contributed by atoms with van der Waals surface area (Å²) in [4.78, 5) is 20.8. The molecule has 0 aliphatic heterocycles. The molecule has 0 fully saturated rings. The summed E-state index contributed by atoms with van der Waals surface area (Å²) in [7, 11) is 1.85. The number of thiazole rings is 1. The summed E-state index contributed by atoms with van der Waals surface area (Å²) in [6.07, 6.45) is 3.30. The minimum Gasteiger partial charge on any atom is -0.350 e. The Bertz CT molecular complexity index is 521. The molecule has 8 heteroatoms. The quantitative estimate of drug-likeness (QED) is 0.820. The van der Waals surface area contributed by atoms with Crippen LogP contribution in [-0.2, 0) is 0 Å². The minimum absolute atomic E-state index is 0. The Labute approximate surface area is 134 Å². The van der Waals surface area contributed by atoms with Crippen LogP contribution in [-0.4, -0.2) is 36.0 Å². The lowest BCUT2D eigenvalue weighted by Crippen LogP contribution is -2.29. The molecule has 0 spiro atoms. The van der Waals surface area contributed by atoms with Crippen molar-refractivity contribution in [2.75, 3.05) is 20.1 Å². The summed E-state index contributed by atoms with van der Waals surface area (Å²) in [5, 5.41) is 6.54. The molecular formula is C12H16Cl2N4OS. The Morgan fingerprint density at radius 2 is 2.05 bits per heavy atom. The van der Waals surface area contributed by atoms with Crippen LogP contribution in [0.15, 0.2) is 30.6 Å². The van der Waals surface area contributed by atoms with Gasteiger partial charge in [0.05, 0.1) is 11.9 Å². The summed E-state index contributed by atoms with van der Waals surface area (Å²) < 4.78 is 0. The number of halogens is 2. The van der Waals surface area contributed by atoms with Crippen LogP contribution in [0.5, 0.6) is 0 Å². The van der Waals surface area contributed by atoms with Gasteiger partial charge in [0.25, 0.3) is 5.91 Å². The van der Waals surface area contributed by atoms with Crippen molar-refractivity contribution in [3.8, 4) is 10.7 Å². The standard InChI is InChI=1S/C12H14N4OS.2ClH/c1-13-6-7-15-11(17)10-8-16-12(18-10)9-4-2-3-5-14-9;;/h2-5,8,13H,6-7H2,1H3,(H,15,17);2*1H. The third kappa shape index (κ3) is 5.05. The third-order valence-corrected chi connectivity index (χ3v) is 3.29. The number of aromatic nitrogens is 2. The van der Waals surface area contributed by atoms with Crippen molar-refractivity contribution >= 4 is 42.1 Å². The molecular weight excluding hydrogens is 319 g/mol. The summed E-state index contributed by atoms with van der Waals surface area (Å²) in [5.74, 6) is -0.0927. The molecule has 0 aliphatic carbocycles. The molecule has 5 nitrogen and oxygen atoms in total. The fraction of sp³-hybridized carbons (Fsp3) is 0.250. The average molecular weight is 335 g/mol. The van der Waals surface area contributed by atoms with Crippen LogP contribution in [0, 0.1) is 0 Å². The summed E-state index contributed by atoms with van der Waals surface area (Å²) >= 11 is 1.35. The second-order valence-electron chi connectivity index (χ2n) is 3.60. The highest BCUT2D eigenvalue weighted by atomic mass is 35.5. The highest BCUT2D eigenvalue weighted by Crippen LogP contribution is 2.22. The number of rotatable bonds is 5. The second kappa shape index (κ2) is 9.66. The predicted molar refractivity (Wildman–Crippen MR) is 86.1 cm³/mol. The van der Waals surface area contributed by atoms with Gasteiger partial charge in [0.1, 0.15) is 9.88 Å². The van der Waals surface area contributed by atoms with Crippen molar-refractivity contribution in [3.05, 3.63) is 35.5 Å². The number of hydrogen-bond donors (Lipinski definition) is 2. The van der Waals surface area contributed by atoms with Crippen LogP contribution in [0.25, 0.3) is 10.7 Å². The zero-order valence-electron chi connectivity index (χ0n) is 10.8. The molecule has 0 atom stereocenters. The van der Waals surface area contributed by atoms with Gasteiger partial charge in [-0.25, -0.2) is 4.98 Å². The first-order chi connectivity index (χ1) is 8.81. The molecule has 2 rings (SSSR count). The molecule has 0 bridgehead atoms. The first-order valence-corrected chi connectivity index (χ1v) is 6.43. The molecule has 0 saturated heterocycles. The molecule has 2 aromatic rings. The van der Waals surface area contributed by atoms with Gasteiger partial charge in [-0.05, 0) is 19.2 Å². The number of pyridine rings is 1. The van der Waals surface area contributed by atoms with E-state index in [9.17, 15) is 4.79 Å². The number of hydrogen-bond acceptors (Lipinski definition) is 5. The van der Waals surface area contributed by atoms with Crippen LogP contribution >= 0.6 is 36.2 Å². The zero-order chi connectivity index (χ0) is 12.8. The number of carbonyl (C=O) groups is 1. The molecule has 0 unspecified atom stereocenters. The zero-order valence-corrected chi connectivity index (χ0v) is 13.3. The maximum absolute atomic E-state index is 11.8. The van der Waals surface area contributed by atoms with E-state index < -0.39 is 0 Å². The molecule has 1 amide bonds. The second-order valence-corrected chi connectivity index (χ2v) is 4.63. The van der Waals surface area contributed by atoms with Gasteiger partial charge >= 0.3 is 0 Å². The highest BCUT2D eigenvalue weighted by Gasteiger charge is 2.11. The van der Waals surface area contributed by atoms with Crippen LogP contribution < -0.4 is 10.6 Å². The fourth-order valence-electron chi connectivity index (χ4n) is 1.37. The molecule has 0 radical (unpaired) electrons.